The van der Waals surface area contributed by atoms with Gasteiger partial charge in [0.25, 0.3) is 0 Å². The molecular formula is C15H13Cl2N3O. The van der Waals surface area contributed by atoms with Gasteiger partial charge < -0.3 is 10.2 Å². The third kappa shape index (κ3) is 3.28. The molecule has 0 bridgehead atoms. The van der Waals surface area contributed by atoms with E-state index in [0.717, 1.165) is 6.42 Å². The Labute approximate surface area is 132 Å². The molecule has 6 heteroatoms. The first-order valence-corrected chi connectivity index (χ1v) is 7.33. The number of carbonyl (C=O) groups is 1. The molecule has 0 aliphatic carbocycles. The quantitative estimate of drug-likeness (QED) is 0.807. The zero-order valence-electron chi connectivity index (χ0n) is 11.1. The first-order valence-electron chi connectivity index (χ1n) is 6.57. The Morgan fingerprint density at radius 1 is 1.14 bits per heavy atom. The summed E-state index contributed by atoms with van der Waals surface area (Å²) in [6, 6.07) is 11.1. The Morgan fingerprint density at radius 3 is 2.52 bits per heavy atom. The van der Waals surface area contributed by atoms with Gasteiger partial charge in [0.1, 0.15) is 10.3 Å². The third-order valence-electron chi connectivity index (χ3n) is 3.43. The maximum atomic E-state index is 12.3. The van der Waals surface area contributed by atoms with Crippen molar-refractivity contribution in [2.45, 2.75) is 13.0 Å². The zero-order valence-corrected chi connectivity index (χ0v) is 12.7. The zero-order chi connectivity index (χ0) is 14.8. The van der Waals surface area contributed by atoms with E-state index in [1.165, 1.54) is 11.1 Å². The van der Waals surface area contributed by atoms with Crippen LogP contribution in [0, 0.1) is 0 Å². The number of anilines is 1. The van der Waals surface area contributed by atoms with E-state index in [-0.39, 0.29) is 16.3 Å². The Kier molecular flexibility index (Phi) is 3.99. The molecule has 0 unspecified atom stereocenters. The number of aromatic nitrogens is 1. The Hall–Kier alpha value is -1.78. The molecule has 1 aromatic carbocycles. The fraction of sp³-hybridized carbons (Fsp3) is 0.200. The minimum atomic E-state index is -0.164. The second kappa shape index (κ2) is 5.92. The van der Waals surface area contributed by atoms with E-state index < -0.39 is 0 Å². The van der Waals surface area contributed by atoms with Gasteiger partial charge in [0, 0.05) is 18.8 Å². The van der Waals surface area contributed by atoms with Crippen LogP contribution in [0.3, 0.4) is 0 Å². The van der Waals surface area contributed by atoms with Crippen LogP contribution < -0.4 is 5.32 Å². The van der Waals surface area contributed by atoms with Crippen LogP contribution in [-0.2, 0) is 13.0 Å². The molecular weight excluding hydrogens is 309 g/mol. The van der Waals surface area contributed by atoms with Gasteiger partial charge >= 0.3 is 6.03 Å². The Morgan fingerprint density at radius 2 is 1.81 bits per heavy atom. The number of carbonyl (C=O) groups excluding carboxylic acids is 1. The number of nitrogens with one attached hydrogen (secondary N) is 1. The van der Waals surface area contributed by atoms with E-state index >= 15 is 0 Å². The molecule has 0 spiro atoms. The number of hydrogen-bond acceptors (Lipinski definition) is 2. The van der Waals surface area contributed by atoms with E-state index in [0.29, 0.717) is 18.8 Å². The third-order valence-corrected chi connectivity index (χ3v) is 3.82. The van der Waals surface area contributed by atoms with Gasteiger partial charge in [-0.2, -0.15) is 0 Å². The first-order chi connectivity index (χ1) is 10.1. The van der Waals surface area contributed by atoms with Gasteiger partial charge in [-0.25, -0.2) is 9.78 Å². The lowest BCUT2D eigenvalue weighted by Crippen LogP contribution is -2.38. The highest BCUT2D eigenvalue weighted by molar-refractivity contribution is 6.32. The van der Waals surface area contributed by atoms with Crippen molar-refractivity contribution in [1.29, 1.82) is 0 Å². The van der Waals surface area contributed by atoms with E-state index in [1.54, 1.807) is 17.0 Å². The average molecular weight is 322 g/mol. The summed E-state index contributed by atoms with van der Waals surface area (Å²) in [5, 5.41) is 3.31. The van der Waals surface area contributed by atoms with Crippen LogP contribution in [-0.4, -0.2) is 22.5 Å². The molecule has 2 heterocycles. The number of amides is 2. The summed E-state index contributed by atoms with van der Waals surface area (Å²) in [5.41, 5.74) is 3.03. The number of nitrogens with zero attached hydrogens (tertiary/aromatic N) is 2. The number of rotatable bonds is 1. The van der Waals surface area contributed by atoms with E-state index in [4.69, 9.17) is 23.2 Å². The van der Waals surface area contributed by atoms with Crippen LogP contribution in [0.15, 0.2) is 36.4 Å². The average Bonchev–Trinajstić information content (AvgIpc) is 2.45. The summed E-state index contributed by atoms with van der Waals surface area (Å²) in [7, 11) is 0. The second-order valence-corrected chi connectivity index (χ2v) is 5.65. The van der Waals surface area contributed by atoms with Crippen molar-refractivity contribution in [1.82, 2.24) is 9.88 Å². The molecule has 21 heavy (non-hydrogen) atoms. The summed E-state index contributed by atoms with van der Waals surface area (Å²) < 4.78 is 0. The molecule has 108 valence electrons. The van der Waals surface area contributed by atoms with Crippen LogP contribution in [0.25, 0.3) is 0 Å². The van der Waals surface area contributed by atoms with Crippen LogP contribution in [0.1, 0.15) is 11.1 Å². The minimum Gasteiger partial charge on any atom is -0.320 e. The van der Waals surface area contributed by atoms with Gasteiger partial charge in [-0.1, -0.05) is 47.5 Å². The van der Waals surface area contributed by atoms with Crippen LogP contribution in [0.4, 0.5) is 10.5 Å². The van der Waals surface area contributed by atoms with Gasteiger partial charge in [0.15, 0.2) is 0 Å². The number of benzene rings is 1. The fourth-order valence-corrected chi connectivity index (χ4v) is 2.87. The highest BCUT2D eigenvalue weighted by atomic mass is 35.5. The lowest BCUT2D eigenvalue weighted by atomic mass is 10.0. The standard InChI is InChI=1S/C15H13Cl2N3O/c16-13-7-12(8-14(17)19-13)18-15(21)20-6-5-10-3-1-2-4-11(10)9-20/h1-4,7-8H,5-6,9H2,(H,18,19,21). The summed E-state index contributed by atoms with van der Waals surface area (Å²) >= 11 is 11.7. The molecule has 2 aromatic rings. The molecule has 1 aromatic heterocycles. The van der Waals surface area contributed by atoms with Gasteiger partial charge in [-0.05, 0) is 29.7 Å². The van der Waals surface area contributed by atoms with Crippen molar-refractivity contribution < 1.29 is 4.79 Å². The molecule has 1 N–H and O–H groups in total. The van der Waals surface area contributed by atoms with Crippen molar-refractivity contribution in [2.75, 3.05) is 11.9 Å². The van der Waals surface area contributed by atoms with Gasteiger partial charge in [-0.3, -0.25) is 0 Å². The van der Waals surface area contributed by atoms with Crippen molar-refractivity contribution in [3.05, 3.63) is 57.8 Å². The van der Waals surface area contributed by atoms with Crippen molar-refractivity contribution in [2.24, 2.45) is 0 Å². The number of fused-ring (bicyclic) bond motifs is 1. The van der Waals surface area contributed by atoms with Crippen molar-refractivity contribution >= 4 is 34.9 Å². The summed E-state index contributed by atoms with van der Waals surface area (Å²) in [5.74, 6) is 0. The van der Waals surface area contributed by atoms with Gasteiger partial charge in [-0.15, -0.1) is 0 Å². The Balaban J connectivity index is 1.72. The molecule has 0 saturated carbocycles. The van der Waals surface area contributed by atoms with Crippen LogP contribution >= 0.6 is 23.2 Å². The molecule has 3 rings (SSSR count). The van der Waals surface area contributed by atoms with Crippen LogP contribution in [0.2, 0.25) is 10.3 Å². The SMILES string of the molecule is O=C(Nc1cc(Cl)nc(Cl)c1)N1CCc2ccccc2C1. The summed E-state index contributed by atoms with van der Waals surface area (Å²) in [6.45, 7) is 1.30. The maximum absolute atomic E-state index is 12.3. The normalized spacial score (nSPS) is 13.7. The smallest absolute Gasteiger partial charge is 0.320 e. The summed E-state index contributed by atoms with van der Waals surface area (Å²) in [4.78, 5) is 17.9. The van der Waals surface area contributed by atoms with E-state index in [1.807, 2.05) is 12.1 Å². The second-order valence-electron chi connectivity index (χ2n) is 4.87. The predicted molar refractivity (Wildman–Crippen MR) is 83.8 cm³/mol. The lowest BCUT2D eigenvalue weighted by molar-refractivity contribution is 0.206. The number of urea groups is 1. The lowest BCUT2D eigenvalue weighted by Gasteiger charge is -2.29. The van der Waals surface area contributed by atoms with Crippen LogP contribution in [0.5, 0.6) is 0 Å². The molecule has 1 aliphatic heterocycles. The summed E-state index contributed by atoms with van der Waals surface area (Å²) in [6.07, 6.45) is 0.863. The molecule has 0 radical (unpaired) electrons. The first kappa shape index (κ1) is 14.2. The molecule has 0 atom stereocenters. The molecule has 1 aliphatic rings. The maximum Gasteiger partial charge on any atom is 0.322 e. The molecule has 2 amide bonds. The highest BCUT2D eigenvalue weighted by Crippen LogP contribution is 2.21. The van der Waals surface area contributed by atoms with Crippen molar-refractivity contribution in [3.63, 3.8) is 0 Å². The number of pyridine rings is 1. The molecule has 4 nitrogen and oxygen atoms in total. The number of hydrogen-bond donors (Lipinski definition) is 1. The Bertz CT molecular complexity index is 670. The minimum absolute atomic E-state index is 0.164. The largest absolute Gasteiger partial charge is 0.322 e. The monoisotopic (exact) mass is 321 g/mol. The molecule has 0 fully saturated rings. The topological polar surface area (TPSA) is 45.2 Å². The number of halogens is 2. The van der Waals surface area contributed by atoms with Gasteiger partial charge in [0.2, 0.25) is 0 Å². The van der Waals surface area contributed by atoms with E-state index in [9.17, 15) is 4.79 Å². The molecule has 0 saturated heterocycles. The highest BCUT2D eigenvalue weighted by Gasteiger charge is 2.20. The van der Waals surface area contributed by atoms with Gasteiger partial charge in [0.05, 0.1) is 0 Å². The predicted octanol–water partition coefficient (Wildman–Crippen LogP) is 3.98. The fourth-order valence-electron chi connectivity index (χ4n) is 2.41. The van der Waals surface area contributed by atoms with Crippen molar-refractivity contribution in [3.8, 4) is 0 Å². The van der Waals surface area contributed by atoms with E-state index in [2.05, 4.69) is 22.4 Å².